The standard InChI is InChI=1S/C20H25ClN4O2/c1-15-14-19(23-16(2)22-15)24-9-11-25(12-10-24)20(26)4-3-13-27-18-7-5-17(21)6-8-18/h5-8,14H,3-4,9-13H2,1-2H3. The van der Waals surface area contributed by atoms with E-state index in [1.165, 1.54) is 0 Å². The summed E-state index contributed by atoms with van der Waals surface area (Å²) in [6, 6.07) is 9.25. The Balaban J connectivity index is 1.40. The molecule has 27 heavy (non-hydrogen) atoms. The first-order valence-corrected chi connectivity index (χ1v) is 9.62. The number of hydrogen-bond donors (Lipinski definition) is 0. The van der Waals surface area contributed by atoms with Crippen LogP contribution in [0.25, 0.3) is 0 Å². The number of benzene rings is 1. The van der Waals surface area contributed by atoms with E-state index < -0.39 is 0 Å². The van der Waals surface area contributed by atoms with Gasteiger partial charge in [0.05, 0.1) is 6.61 Å². The van der Waals surface area contributed by atoms with E-state index in [2.05, 4.69) is 14.9 Å². The number of ether oxygens (including phenoxy) is 1. The Morgan fingerprint density at radius 2 is 1.81 bits per heavy atom. The number of rotatable bonds is 6. The molecule has 0 bridgehead atoms. The molecule has 1 aliphatic rings. The lowest BCUT2D eigenvalue weighted by Gasteiger charge is -2.35. The second-order valence-electron chi connectivity index (χ2n) is 6.69. The highest BCUT2D eigenvalue weighted by molar-refractivity contribution is 6.30. The summed E-state index contributed by atoms with van der Waals surface area (Å²) in [5, 5.41) is 0.684. The minimum atomic E-state index is 0.185. The molecule has 1 aromatic carbocycles. The Morgan fingerprint density at radius 1 is 1.11 bits per heavy atom. The van der Waals surface area contributed by atoms with Crippen LogP contribution in [0.1, 0.15) is 24.4 Å². The molecule has 0 N–H and O–H groups in total. The number of piperazine rings is 1. The fourth-order valence-corrected chi connectivity index (χ4v) is 3.27. The van der Waals surface area contributed by atoms with Crippen LogP contribution in [-0.4, -0.2) is 53.6 Å². The lowest BCUT2D eigenvalue weighted by atomic mass is 10.2. The van der Waals surface area contributed by atoms with Crippen LogP contribution in [0, 0.1) is 13.8 Å². The molecule has 0 unspecified atom stereocenters. The van der Waals surface area contributed by atoms with Gasteiger partial charge >= 0.3 is 0 Å². The fraction of sp³-hybridized carbons (Fsp3) is 0.450. The lowest BCUT2D eigenvalue weighted by molar-refractivity contribution is -0.131. The third-order valence-corrected chi connectivity index (χ3v) is 4.78. The van der Waals surface area contributed by atoms with Crippen molar-refractivity contribution in [3.63, 3.8) is 0 Å². The van der Waals surface area contributed by atoms with Crippen molar-refractivity contribution in [3.8, 4) is 5.75 Å². The molecule has 2 heterocycles. The topological polar surface area (TPSA) is 58.6 Å². The molecule has 6 nitrogen and oxygen atoms in total. The van der Waals surface area contributed by atoms with Crippen molar-refractivity contribution < 1.29 is 9.53 Å². The fourth-order valence-electron chi connectivity index (χ4n) is 3.15. The first-order valence-electron chi connectivity index (χ1n) is 9.24. The number of nitrogens with zero attached hydrogens (tertiary/aromatic N) is 4. The summed E-state index contributed by atoms with van der Waals surface area (Å²) >= 11 is 5.85. The molecule has 0 atom stereocenters. The van der Waals surface area contributed by atoms with Gasteiger partial charge in [0.15, 0.2) is 0 Å². The number of aromatic nitrogens is 2. The van der Waals surface area contributed by atoms with Gasteiger partial charge in [0.1, 0.15) is 17.4 Å². The maximum Gasteiger partial charge on any atom is 0.222 e. The Hall–Kier alpha value is -2.34. The van der Waals surface area contributed by atoms with Gasteiger partial charge in [-0.05, 0) is 44.5 Å². The van der Waals surface area contributed by atoms with Crippen molar-refractivity contribution in [2.24, 2.45) is 0 Å². The summed E-state index contributed by atoms with van der Waals surface area (Å²) in [4.78, 5) is 25.4. The molecule has 1 aliphatic heterocycles. The predicted molar refractivity (Wildman–Crippen MR) is 106 cm³/mol. The van der Waals surface area contributed by atoms with Gasteiger partial charge in [-0.25, -0.2) is 9.97 Å². The van der Waals surface area contributed by atoms with Gasteiger partial charge in [-0.2, -0.15) is 0 Å². The van der Waals surface area contributed by atoms with Gasteiger partial charge in [0.25, 0.3) is 0 Å². The molecule has 3 rings (SSSR count). The van der Waals surface area contributed by atoms with Crippen LogP contribution in [0.15, 0.2) is 30.3 Å². The number of aryl methyl sites for hydroxylation is 2. The summed E-state index contributed by atoms with van der Waals surface area (Å²) in [6.07, 6.45) is 1.20. The van der Waals surface area contributed by atoms with E-state index in [9.17, 15) is 4.79 Å². The normalized spacial score (nSPS) is 14.3. The number of carbonyl (C=O) groups is 1. The first-order chi connectivity index (χ1) is 13.0. The SMILES string of the molecule is Cc1cc(N2CCN(C(=O)CCCOc3ccc(Cl)cc3)CC2)nc(C)n1. The Labute approximate surface area is 165 Å². The van der Waals surface area contributed by atoms with Crippen molar-refractivity contribution >= 4 is 23.3 Å². The van der Waals surface area contributed by atoms with Gasteiger partial charge < -0.3 is 14.5 Å². The average molecular weight is 389 g/mol. The third kappa shape index (κ3) is 5.57. The van der Waals surface area contributed by atoms with Crippen LogP contribution in [0.5, 0.6) is 5.75 Å². The zero-order valence-corrected chi connectivity index (χ0v) is 16.6. The summed E-state index contributed by atoms with van der Waals surface area (Å²) in [6.45, 7) is 7.43. The van der Waals surface area contributed by atoms with Crippen molar-refractivity contribution in [1.82, 2.24) is 14.9 Å². The Kier molecular flexibility index (Phi) is 6.50. The van der Waals surface area contributed by atoms with Gasteiger partial charge in [-0.3, -0.25) is 4.79 Å². The first kappa shape index (κ1) is 19.4. The smallest absolute Gasteiger partial charge is 0.222 e. The minimum absolute atomic E-state index is 0.185. The van der Waals surface area contributed by atoms with E-state index in [1.54, 1.807) is 12.1 Å². The molecule has 1 aromatic heterocycles. The zero-order chi connectivity index (χ0) is 19.2. The monoisotopic (exact) mass is 388 g/mol. The quantitative estimate of drug-likeness (QED) is 0.711. The second-order valence-corrected chi connectivity index (χ2v) is 7.12. The lowest BCUT2D eigenvalue weighted by Crippen LogP contribution is -2.49. The number of carbonyl (C=O) groups excluding carboxylic acids is 1. The number of amides is 1. The van der Waals surface area contributed by atoms with Crippen molar-refractivity contribution in [2.45, 2.75) is 26.7 Å². The predicted octanol–water partition coefficient (Wildman–Crippen LogP) is 3.25. The van der Waals surface area contributed by atoms with Crippen molar-refractivity contribution in [3.05, 3.63) is 46.9 Å². The molecular weight excluding hydrogens is 364 g/mol. The third-order valence-electron chi connectivity index (χ3n) is 4.53. The van der Waals surface area contributed by atoms with Crippen LogP contribution in [0.3, 0.4) is 0 Å². The molecule has 0 saturated carbocycles. The van der Waals surface area contributed by atoms with Crippen LogP contribution >= 0.6 is 11.6 Å². The highest BCUT2D eigenvalue weighted by Gasteiger charge is 2.22. The Bertz CT molecular complexity index is 754. The molecule has 1 fully saturated rings. The second kappa shape index (κ2) is 9.04. The van der Waals surface area contributed by atoms with Crippen LogP contribution in [-0.2, 0) is 4.79 Å². The van der Waals surface area contributed by atoms with E-state index in [0.717, 1.165) is 49.3 Å². The average Bonchev–Trinajstić information content (AvgIpc) is 2.66. The van der Waals surface area contributed by atoms with Crippen LogP contribution < -0.4 is 9.64 Å². The molecule has 1 amide bonds. The summed E-state index contributed by atoms with van der Waals surface area (Å²) in [7, 11) is 0. The van der Waals surface area contributed by atoms with Crippen molar-refractivity contribution in [2.75, 3.05) is 37.7 Å². The molecule has 0 aliphatic carbocycles. The van der Waals surface area contributed by atoms with Gasteiger partial charge in [-0.1, -0.05) is 11.6 Å². The summed E-state index contributed by atoms with van der Waals surface area (Å²) in [5.41, 5.74) is 0.969. The van der Waals surface area contributed by atoms with Crippen LogP contribution in [0.4, 0.5) is 5.82 Å². The highest BCUT2D eigenvalue weighted by atomic mass is 35.5. The van der Waals surface area contributed by atoms with E-state index in [1.807, 2.05) is 36.9 Å². The maximum absolute atomic E-state index is 12.4. The zero-order valence-electron chi connectivity index (χ0n) is 15.8. The number of hydrogen-bond acceptors (Lipinski definition) is 5. The molecule has 2 aromatic rings. The van der Waals surface area contributed by atoms with E-state index in [4.69, 9.17) is 16.3 Å². The van der Waals surface area contributed by atoms with Gasteiger partial charge in [-0.15, -0.1) is 0 Å². The molecular formula is C20H25ClN4O2. The minimum Gasteiger partial charge on any atom is -0.494 e. The molecule has 1 saturated heterocycles. The maximum atomic E-state index is 12.4. The molecule has 0 spiro atoms. The van der Waals surface area contributed by atoms with E-state index >= 15 is 0 Å². The van der Waals surface area contributed by atoms with Crippen LogP contribution in [0.2, 0.25) is 5.02 Å². The Morgan fingerprint density at radius 3 is 2.48 bits per heavy atom. The molecule has 0 radical (unpaired) electrons. The number of halogens is 1. The largest absolute Gasteiger partial charge is 0.494 e. The van der Waals surface area contributed by atoms with Crippen molar-refractivity contribution in [1.29, 1.82) is 0 Å². The van der Waals surface area contributed by atoms with Gasteiger partial charge in [0.2, 0.25) is 5.91 Å². The van der Waals surface area contributed by atoms with Gasteiger partial charge in [0, 0.05) is 49.4 Å². The van der Waals surface area contributed by atoms with E-state index in [0.29, 0.717) is 24.5 Å². The molecule has 144 valence electrons. The summed E-state index contributed by atoms with van der Waals surface area (Å²) in [5.74, 6) is 2.69. The summed E-state index contributed by atoms with van der Waals surface area (Å²) < 4.78 is 5.64. The highest BCUT2D eigenvalue weighted by Crippen LogP contribution is 2.17. The van der Waals surface area contributed by atoms with E-state index in [-0.39, 0.29) is 5.91 Å². The number of anilines is 1. The molecule has 7 heteroatoms.